The Morgan fingerprint density at radius 2 is 1.79 bits per heavy atom. The fourth-order valence-electron chi connectivity index (χ4n) is 3.53. The lowest BCUT2D eigenvalue weighted by Crippen LogP contribution is -2.43. The fraction of sp³-hybridized carbons (Fsp3) is 0.381. The van der Waals surface area contributed by atoms with Gasteiger partial charge in [0.15, 0.2) is 0 Å². The van der Waals surface area contributed by atoms with Gasteiger partial charge in [-0.1, -0.05) is 29.3 Å². The van der Waals surface area contributed by atoms with Gasteiger partial charge in [0.2, 0.25) is 26.0 Å². The molecule has 1 saturated heterocycles. The molecule has 0 bridgehead atoms. The number of rotatable bonds is 6. The van der Waals surface area contributed by atoms with Gasteiger partial charge in [0, 0.05) is 37.9 Å². The molecule has 0 aliphatic carbocycles. The Balaban J connectivity index is 1.81. The zero-order valence-electron chi connectivity index (χ0n) is 18.4. The highest BCUT2D eigenvalue weighted by atomic mass is 35.5. The van der Waals surface area contributed by atoms with Crippen molar-refractivity contribution in [1.29, 1.82) is 0 Å². The van der Waals surface area contributed by atoms with Crippen LogP contribution in [-0.2, 0) is 24.8 Å². The van der Waals surface area contributed by atoms with Gasteiger partial charge < -0.3 is 5.32 Å². The van der Waals surface area contributed by atoms with E-state index < -0.39 is 26.0 Å². The minimum Gasteiger partial charge on any atom is -0.326 e. The summed E-state index contributed by atoms with van der Waals surface area (Å²) in [5.74, 6) is -0.991. The van der Waals surface area contributed by atoms with E-state index in [1.807, 2.05) is 0 Å². The van der Waals surface area contributed by atoms with Gasteiger partial charge in [0.25, 0.3) is 0 Å². The number of carbonyl (C=O) groups is 1. The van der Waals surface area contributed by atoms with E-state index in [0.29, 0.717) is 24.1 Å². The molecule has 1 fully saturated rings. The zero-order chi connectivity index (χ0) is 24.6. The van der Waals surface area contributed by atoms with Crippen molar-refractivity contribution in [2.24, 2.45) is 5.92 Å². The quantitative estimate of drug-likeness (QED) is 0.610. The second-order valence-electron chi connectivity index (χ2n) is 8.03. The van der Waals surface area contributed by atoms with Crippen LogP contribution in [0.1, 0.15) is 18.4 Å². The number of nitrogens with one attached hydrogen (secondary N) is 1. The Morgan fingerprint density at radius 1 is 1.09 bits per heavy atom. The van der Waals surface area contributed by atoms with Crippen LogP contribution >= 0.6 is 23.2 Å². The van der Waals surface area contributed by atoms with Gasteiger partial charge in [-0.2, -0.15) is 4.31 Å². The van der Waals surface area contributed by atoms with Crippen molar-refractivity contribution in [3.8, 4) is 0 Å². The lowest BCUT2D eigenvalue weighted by Gasteiger charge is -2.31. The zero-order valence-corrected chi connectivity index (χ0v) is 21.5. The third-order valence-corrected chi connectivity index (χ3v) is 9.90. The number of halogens is 2. The summed E-state index contributed by atoms with van der Waals surface area (Å²) in [5, 5.41) is 3.07. The third-order valence-electron chi connectivity index (χ3n) is 5.51. The van der Waals surface area contributed by atoms with E-state index in [1.165, 1.54) is 48.7 Å². The highest BCUT2D eigenvalue weighted by Gasteiger charge is 2.34. The molecule has 1 unspecified atom stereocenters. The summed E-state index contributed by atoms with van der Waals surface area (Å²) in [4.78, 5) is 13.0. The number of nitrogens with zero attached hydrogens (tertiary/aromatic N) is 2. The van der Waals surface area contributed by atoms with E-state index >= 15 is 0 Å². The fourth-order valence-corrected chi connectivity index (χ4v) is 6.72. The predicted molar refractivity (Wildman–Crippen MR) is 129 cm³/mol. The number of benzene rings is 2. The molecule has 1 N–H and O–H groups in total. The minimum atomic E-state index is -3.95. The maximum absolute atomic E-state index is 13.1. The molecule has 33 heavy (non-hydrogen) atoms. The Bertz CT molecular complexity index is 1280. The van der Waals surface area contributed by atoms with Crippen LogP contribution in [0.2, 0.25) is 10.0 Å². The van der Waals surface area contributed by atoms with E-state index in [2.05, 4.69) is 5.32 Å². The molecule has 2 aromatic carbocycles. The third kappa shape index (κ3) is 5.52. The van der Waals surface area contributed by atoms with Crippen molar-refractivity contribution in [2.45, 2.75) is 29.6 Å². The van der Waals surface area contributed by atoms with Crippen molar-refractivity contribution in [1.82, 2.24) is 8.61 Å². The molecule has 0 radical (unpaired) electrons. The number of anilines is 1. The number of aryl methyl sites for hydroxylation is 1. The van der Waals surface area contributed by atoms with Crippen LogP contribution in [0.15, 0.2) is 46.2 Å². The van der Waals surface area contributed by atoms with Gasteiger partial charge in [0.1, 0.15) is 4.90 Å². The summed E-state index contributed by atoms with van der Waals surface area (Å²) in [6.07, 6.45) is 0.986. The highest BCUT2D eigenvalue weighted by Crippen LogP contribution is 2.31. The van der Waals surface area contributed by atoms with Crippen LogP contribution in [-0.4, -0.2) is 58.5 Å². The number of hydrogen-bond donors (Lipinski definition) is 1. The Kier molecular flexibility index (Phi) is 7.77. The first-order valence-corrected chi connectivity index (χ1v) is 13.8. The summed E-state index contributed by atoms with van der Waals surface area (Å²) < 4.78 is 53.5. The smallest absolute Gasteiger partial charge is 0.244 e. The van der Waals surface area contributed by atoms with E-state index in [1.54, 1.807) is 13.0 Å². The average molecular weight is 534 g/mol. The van der Waals surface area contributed by atoms with Gasteiger partial charge in [-0.3, -0.25) is 4.79 Å². The first-order valence-electron chi connectivity index (χ1n) is 10.1. The van der Waals surface area contributed by atoms with Crippen molar-refractivity contribution in [3.05, 3.63) is 52.0 Å². The molecule has 0 spiro atoms. The van der Waals surface area contributed by atoms with E-state index in [-0.39, 0.29) is 38.8 Å². The van der Waals surface area contributed by atoms with Crippen molar-refractivity contribution < 1.29 is 21.6 Å². The van der Waals surface area contributed by atoms with Crippen LogP contribution < -0.4 is 5.32 Å². The van der Waals surface area contributed by atoms with Crippen molar-refractivity contribution in [3.63, 3.8) is 0 Å². The maximum atomic E-state index is 13.1. The standard InChI is InChI=1S/C21H25Cl2N3O5S2/c1-14-6-8-17(32(28,29)25(2)3)12-19(14)24-21(27)15-5-4-10-26(13-15)33(30,31)20-11-16(22)7-9-18(20)23/h6-9,11-12,15H,4-5,10,13H2,1-3H3,(H,24,27). The van der Waals surface area contributed by atoms with E-state index in [9.17, 15) is 21.6 Å². The van der Waals surface area contributed by atoms with Crippen molar-refractivity contribution >= 4 is 54.8 Å². The molecule has 3 rings (SSSR count). The molecule has 1 aliphatic rings. The predicted octanol–water partition coefficient (Wildman–Crippen LogP) is 3.59. The summed E-state index contributed by atoms with van der Waals surface area (Å²) in [7, 11) is -4.76. The van der Waals surface area contributed by atoms with Crippen LogP contribution in [0, 0.1) is 12.8 Å². The molecule has 1 atom stereocenters. The molecule has 1 heterocycles. The topological polar surface area (TPSA) is 104 Å². The molecule has 2 aromatic rings. The second kappa shape index (κ2) is 9.89. The molecular weight excluding hydrogens is 509 g/mol. The molecule has 12 heteroatoms. The number of hydrogen-bond acceptors (Lipinski definition) is 5. The Morgan fingerprint density at radius 3 is 2.45 bits per heavy atom. The van der Waals surface area contributed by atoms with Gasteiger partial charge in [0.05, 0.1) is 15.8 Å². The summed E-state index contributed by atoms with van der Waals surface area (Å²) in [5.41, 5.74) is 1.05. The molecular formula is C21H25Cl2N3O5S2. The Labute approximate surface area is 204 Å². The minimum absolute atomic E-state index is 0.0221. The van der Waals surface area contributed by atoms with Gasteiger partial charge >= 0.3 is 0 Å². The summed E-state index contributed by atoms with van der Waals surface area (Å²) in [6.45, 7) is 1.98. The lowest BCUT2D eigenvalue weighted by molar-refractivity contribution is -0.120. The van der Waals surface area contributed by atoms with Crippen LogP contribution in [0.4, 0.5) is 5.69 Å². The van der Waals surface area contributed by atoms with Gasteiger partial charge in [-0.25, -0.2) is 21.1 Å². The molecule has 1 aliphatic heterocycles. The summed E-state index contributed by atoms with van der Waals surface area (Å²) in [6, 6.07) is 8.72. The first kappa shape index (κ1) is 25.9. The van der Waals surface area contributed by atoms with Crippen LogP contribution in [0.25, 0.3) is 0 Å². The molecule has 8 nitrogen and oxygen atoms in total. The number of sulfonamides is 2. The SMILES string of the molecule is Cc1ccc(S(=O)(=O)N(C)C)cc1NC(=O)C1CCCN(S(=O)(=O)c2cc(Cl)ccc2Cl)C1. The van der Waals surface area contributed by atoms with E-state index in [0.717, 1.165) is 4.31 Å². The second-order valence-corrected chi connectivity index (χ2v) is 12.9. The monoisotopic (exact) mass is 533 g/mol. The van der Waals surface area contributed by atoms with Gasteiger partial charge in [-0.05, 0) is 55.7 Å². The van der Waals surface area contributed by atoms with Crippen molar-refractivity contribution in [2.75, 3.05) is 32.5 Å². The highest BCUT2D eigenvalue weighted by molar-refractivity contribution is 7.89. The maximum Gasteiger partial charge on any atom is 0.244 e. The average Bonchev–Trinajstić information content (AvgIpc) is 2.76. The number of piperidine rings is 1. The first-order chi connectivity index (χ1) is 15.3. The van der Waals surface area contributed by atoms with E-state index in [4.69, 9.17) is 23.2 Å². The lowest BCUT2D eigenvalue weighted by atomic mass is 9.98. The molecule has 1 amide bonds. The number of amides is 1. The van der Waals surface area contributed by atoms with Crippen LogP contribution in [0.5, 0.6) is 0 Å². The largest absolute Gasteiger partial charge is 0.326 e. The molecule has 0 aromatic heterocycles. The summed E-state index contributed by atoms with van der Waals surface area (Å²) >= 11 is 12.1. The van der Waals surface area contributed by atoms with Gasteiger partial charge in [-0.15, -0.1) is 0 Å². The molecule has 0 saturated carbocycles. The number of carbonyl (C=O) groups excluding carboxylic acids is 1. The van der Waals surface area contributed by atoms with Crippen LogP contribution in [0.3, 0.4) is 0 Å². The molecule has 180 valence electrons. The Hall–Kier alpha value is -1.69. The normalized spacial score (nSPS) is 17.8.